The van der Waals surface area contributed by atoms with E-state index >= 15 is 0 Å². The molecule has 0 bridgehead atoms. The third-order valence-corrected chi connectivity index (χ3v) is 4.87. The largest absolute Gasteiger partial charge is 0.423 e. The minimum absolute atomic E-state index is 0.195. The lowest BCUT2D eigenvalue weighted by Gasteiger charge is -2.17. The van der Waals surface area contributed by atoms with Gasteiger partial charge in [-0.2, -0.15) is 18.4 Å². The molecule has 0 radical (unpaired) electrons. The molecule has 3 aromatic rings. The van der Waals surface area contributed by atoms with Gasteiger partial charge in [-0.3, -0.25) is 15.8 Å². The summed E-state index contributed by atoms with van der Waals surface area (Å²) in [6.45, 7) is -0.162. The van der Waals surface area contributed by atoms with Crippen LogP contribution in [0.2, 0.25) is 0 Å². The lowest BCUT2D eigenvalue weighted by atomic mass is 10.0. The van der Waals surface area contributed by atoms with E-state index in [1.165, 1.54) is 24.5 Å². The van der Waals surface area contributed by atoms with Crippen LogP contribution in [0.1, 0.15) is 29.3 Å². The molecule has 2 aromatic heterocycles. The van der Waals surface area contributed by atoms with E-state index < -0.39 is 52.6 Å². The zero-order chi connectivity index (χ0) is 23.8. The highest BCUT2D eigenvalue weighted by atomic mass is 79.9. The Morgan fingerprint density at radius 1 is 1.19 bits per heavy atom. The minimum Gasteiger partial charge on any atom is -0.423 e. The van der Waals surface area contributed by atoms with E-state index in [0.717, 1.165) is 16.7 Å². The summed E-state index contributed by atoms with van der Waals surface area (Å²) in [5.74, 6) is -4.71. The van der Waals surface area contributed by atoms with Crippen molar-refractivity contribution in [3.05, 3.63) is 63.5 Å². The minimum atomic E-state index is -4.96. The smallest absolute Gasteiger partial charge is 0.418 e. The lowest BCUT2D eigenvalue weighted by molar-refractivity contribution is -0.136. The van der Waals surface area contributed by atoms with E-state index in [9.17, 15) is 22.0 Å². The van der Waals surface area contributed by atoms with Gasteiger partial charge in [-0.05, 0) is 40.2 Å². The topological polar surface area (TPSA) is 98.5 Å². The molecule has 6 nitrogen and oxygen atoms in total. The molecule has 0 aliphatic heterocycles. The Labute approximate surface area is 186 Å². The first-order valence-corrected chi connectivity index (χ1v) is 9.58. The number of nitriles is 1. The first-order valence-electron chi connectivity index (χ1n) is 8.79. The van der Waals surface area contributed by atoms with Gasteiger partial charge in [-0.1, -0.05) is 0 Å². The van der Waals surface area contributed by atoms with Crippen molar-refractivity contribution >= 4 is 38.6 Å². The molecule has 32 heavy (non-hydrogen) atoms. The third kappa shape index (κ3) is 4.62. The van der Waals surface area contributed by atoms with Crippen molar-refractivity contribution in [2.24, 2.45) is 0 Å². The molecule has 0 saturated heterocycles. The highest BCUT2D eigenvalue weighted by molar-refractivity contribution is 9.10. The van der Waals surface area contributed by atoms with E-state index in [2.05, 4.69) is 20.9 Å². The Balaban J connectivity index is 2.06. The van der Waals surface area contributed by atoms with E-state index in [4.69, 9.17) is 20.8 Å². The molecule has 2 N–H and O–H groups in total. The van der Waals surface area contributed by atoms with Crippen LogP contribution in [0.15, 0.2) is 41.1 Å². The predicted molar refractivity (Wildman–Crippen MR) is 109 cm³/mol. The number of nitrogens with zero attached hydrogens (tertiary/aromatic N) is 3. The first kappa shape index (κ1) is 23.3. The lowest BCUT2D eigenvalue weighted by Crippen LogP contribution is -2.22. The SMILES string of the molecule is CC(F)(F)c1cc2c(C(F)(F)F)c(C#N)ccc2n1CC(=N)OC(=N)c1cncc(Br)c1. The van der Waals surface area contributed by atoms with Crippen molar-refractivity contribution in [3.63, 3.8) is 0 Å². The maximum atomic E-state index is 14.3. The van der Waals surface area contributed by atoms with Gasteiger partial charge in [0, 0.05) is 34.7 Å². The number of hydrogen-bond acceptors (Lipinski definition) is 5. The van der Waals surface area contributed by atoms with Crippen LogP contribution < -0.4 is 0 Å². The highest BCUT2D eigenvalue weighted by Crippen LogP contribution is 2.41. The molecule has 2 heterocycles. The maximum Gasteiger partial charge on any atom is 0.418 e. The number of nitrogens with one attached hydrogen (secondary N) is 2. The Kier molecular flexibility index (Phi) is 6.06. The van der Waals surface area contributed by atoms with Crippen LogP contribution in [0.5, 0.6) is 0 Å². The molecule has 3 rings (SSSR count). The summed E-state index contributed by atoms with van der Waals surface area (Å²) in [6.07, 6.45) is -2.22. The second-order valence-electron chi connectivity index (χ2n) is 6.78. The number of ether oxygens (including phenoxy) is 1. The molecule has 0 fully saturated rings. The van der Waals surface area contributed by atoms with Gasteiger partial charge in [-0.25, -0.2) is 8.78 Å². The Bertz CT molecular complexity index is 1270. The second-order valence-corrected chi connectivity index (χ2v) is 7.70. The standard InChI is InChI=1S/C20H13BrF5N5O/c1-19(22,23)15-5-13-14(3-2-10(6-27)17(13)20(24,25)26)31(15)9-16(28)32-18(29)11-4-12(21)8-30-7-11/h2-5,7-8,28-29H,9H2,1H3. The maximum absolute atomic E-state index is 14.3. The van der Waals surface area contributed by atoms with Gasteiger partial charge >= 0.3 is 6.18 Å². The molecule has 166 valence electrons. The molecule has 0 aliphatic rings. The van der Waals surface area contributed by atoms with Crippen LogP contribution in [0.25, 0.3) is 10.9 Å². The highest BCUT2D eigenvalue weighted by Gasteiger charge is 2.39. The van der Waals surface area contributed by atoms with E-state index in [0.29, 0.717) is 17.5 Å². The average molecular weight is 514 g/mol. The third-order valence-electron chi connectivity index (χ3n) is 4.43. The summed E-state index contributed by atoms with van der Waals surface area (Å²) in [6, 6.07) is 5.57. The first-order chi connectivity index (χ1) is 14.8. The van der Waals surface area contributed by atoms with Crippen LogP contribution in [-0.2, 0) is 23.4 Å². The van der Waals surface area contributed by atoms with Gasteiger partial charge in [0.2, 0.25) is 11.8 Å². The van der Waals surface area contributed by atoms with Crippen molar-refractivity contribution in [1.82, 2.24) is 9.55 Å². The second kappa shape index (κ2) is 8.31. The van der Waals surface area contributed by atoms with Crippen LogP contribution >= 0.6 is 15.9 Å². The zero-order valence-corrected chi connectivity index (χ0v) is 17.8. The molecule has 0 amide bonds. The molecule has 0 aliphatic carbocycles. The van der Waals surface area contributed by atoms with Crippen LogP contribution in [0, 0.1) is 22.1 Å². The normalized spacial score (nSPS) is 11.9. The summed E-state index contributed by atoms with van der Waals surface area (Å²) in [5, 5.41) is 24.4. The average Bonchev–Trinajstić information content (AvgIpc) is 3.04. The van der Waals surface area contributed by atoms with Crippen molar-refractivity contribution in [3.8, 4) is 6.07 Å². The summed E-state index contributed by atoms with van der Waals surface area (Å²) >= 11 is 3.17. The fourth-order valence-corrected chi connectivity index (χ4v) is 3.53. The van der Waals surface area contributed by atoms with Gasteiger partial charge in [0.1, 0.15) is 0 Å². The number of pyridine rings is 1. The van der Waals surface area contributed by atoms with E-state index in [1.54, 1.807) is 0 Å². The number of fused-ring (bicyclic) bond motifs is 1. The fourth-order valence-electron chi connectivity index (χ4n) is 3.16. The van der Waals surface area contributed by atoms with Gasteiger partial charge in [0.05, 0.1) is 35.0 Å². The Morgan fingerprint density at radius 2 is 1.88 bits per heavy atom. The van der Waals surface area contributed by atoms with Gasteiger partial charge in [0.25, 0.3) is 5.92 Å². The number of alkyl halides is 5. The molecule has 0 atom stereocenters. The predicted octanol–water partition coefficient (Wildman–Crippen LogP) is 5.82. The van der Waals surface area contributed by atoms with Crippen LogP contribution in [0.3, 0.4) is 0 Å². The summed E-state index contributed by atoms with van der Waals surface area (Å²) in [7, 11) is 0. The fraction of sp³-hybridized carbons (Fsp3) is 0.200. The van der Waals surface area contributed by atoms with E-state index in [1.807, 2.05) is 0 Å². The van der Waals surface area contributed by atoms with Gasteiger partial charge in [-0.15, -0.1) is 0 Å². The molecule has 1 aromatic carbocycles. The van der Waals surface area contributed by atoms with Gasteiger partial charge in [0.15, 0.2) is 0 Å². The van der Waals surface area contributed by atoms with Crippen LogP contribution in [-0.4, -0.2) is 21.3 Å². The summed E-state index contributed by atoms with van der Waals surface area (Å²) in [5.41, 5.74) is -2.89. The van der Waals surface area contributed by atoms with Crippen molar-refractivity contribution in [2.75, 3.05) is 0 Å². The number of aromatic nitrogens is 2. The molecule has 12 heteroatoms. The molecular formula is C20H13BrF5N5O. The number of rotatable bonds is 4. The Hall–Kier alpha value is -3.33. The van der Waals surface area contributed by atoms with Crippen molar-refractivity contribution in [1.29, 1.82) is 16.1 Å². The molecule has 0 saturated carbocycles. The molecular weight excluding hydrogens is 501 g/mol. The van der Waals surface area contributed by atoms with Gasteiger partial charge < -0.3 is 9.30 Å². The number of benzene rings is 1. The quantitative estimate of drug-likeness (QED) is 0.261. The summed E-state index contributed by atoms with van der Waals surface area (Å²) in [4.78, 5) is 3.85. The summed E-state index contributed by atoms with van der Waals surface area (Å²) < 4.78 is 75.7. The number of halogens is 6. The molecule has 0 unspecified atom stereocenters. The Morgan fingerprint density at radius 3 is 2.44 bits per heavy atom. The van der Waals surface area contributed by atoms with E-state index in [-0.39, 0.29) is 11.1 Å². The number of hydrogen-bond donors (Lipinski definition) is 2. The zero-order valence-electron chi connectivity index (χ0n) is 16.2. The molecule has 0 spiro atoms. The van der Waals surface area contributed by atoms with Crippen molar-refractivity contribution in [2.45, 2.75) is 25.6 Å². The van der Waals surface area contributed by atoms with Crippen LogP contribution in [0.4, 0.5) is 22.0 Å². The van der Waals surface area contributed by atoms with Crippen molar-refractivity contribution < 1.29 is 26.7 Å². The monoisotopic (exact) mass is 513 g/mol.